The van der Waals surface area contributed by atoms with Gasteiger partial charge in [0.05, 0.1) is 16.9 Å². The van der Waals surface area contributed by atoms with Crippen molar-refractivity contribution in [3.05, 3.63) is 23.8 Å². The van der Waals surface area contributed by atoms with Gasteiger partial charge in [-0.1, -0.05) is 20.8 Å². The first-order valence-corrected chi connectivity index (χ1v) is 8.48. The van der Waals surface area contributed by atoms with Crippen LogP contribution in [0.15, 0.2) is 18.2 Å². The van der Waals surface area contributed by atoms with E-state index < -0.39 is 17.2 Å². The molecule has 1 amide bonds. The Hall–Kier alpha value is -1.83. The van der Waals surface area contributed by atoms with Crippen molar-refractivity contribution < 1.29 is 18.0 Å². The maximum atomic E-state index is 13.0. The van der Waals surface area contributed by atoms with Gasteiger partial charge < -0.3 is 15.5 Å². The van der Waals surface area contributed by atoms with Gasteiger partial charge in [-0.25, -0.2) is 0 Å². The first-order chi connectivity index (χ1) is 11.5. The van der Waals surface area contributed by atoms with Crippen LogP contribution in [0.4, 0.5) is 24.5 Å². The van der Waals surface area contributed by atoms with E-state index in [1.807, 2.05) is 4.90 Å². The van der Waals surface area contributed by atoms with Crippen molar-refractivity contribution in [2.45, 2.75) is 39.8 Å². The quantitative estimate of drug-likeness (QED) is 0.764. The number of nitrogens with zero attached hydrogens (tertiary/aromatic N) is 1. The molecule has 1 fully saturated rings. The minimum absolute atomic E-state index is 0.0142. The molecule has 0 radical (unpaired) electrons. The third-order valence-electron chi connectivity index (χ3n) is 3.93. The lowest BCUT2D eigenvalue weighted by Gasteiger charge is -2.24. The highest BCUT2D eigenvalue weighted by Crippen LogP contribution is 2.36. The molecule has 0 bridgehead atoms. The monoisotopic (exact) mass is 373 g/mol. The van der Waals surface area contributed by atoms with E-state index in [0.29, 0.717) is 5.69 Å². The summed E-state index contributed by atoms with van der Waals surface area (Å²) in [7, 11) is 0. The number of carbonyl (C=O) groups is 1. The van der Waals surface area contributed by atoms with Crippen LogP contribution in [0.1, 0.15) is 39.2 Å². The summed E-state index contributed by atoms with van der Waals surface area (Å²) >= 11 is 5.11. The zero-order chi connectivity index (χ0) is 18.8. The molecule has 0 unspecified atom stereocenters. The Morgan fingerprint density at radius 1 is 1.16 bits per heavy atom. The summed E-state index contributed by atoms with van der Waals surface area (Å²) < 4.78 is 39.1. The average Bonchev–Trinajstić information content (AvgIpc) is 2.99. The number of rotatable bonds is 2. The molecular weight excluding hydrogens is 351 g/mol. The lowest BCUT2D eigenvalue weighted by Crippen LogP contribution is -2.41. The molecule has 0 spiro atoms. The van der Waals surface area contributed by atoms with Crippen LogP contribution in [0.3, 0.4) is 0 Å². The summed E-state index contributed by atoms with van der Waals surface area (Å²) in [4.78, 5) is 14.0. The number of hydrogen-bond donors (Lipinski definition) is 2. The molecule has 1 aromatic carbocycles. The Morgan fingerprint density at radius 2 is 1.76 bits per heavy atom. The summed E-state index contributed by atoms with van der Waals surface area (Å²) in [6, 6.07) is 3.55. The lowest BCUT2D eigenvalue weighted by molar-refractivity contribution is -0.137. The number of amides is 1. The number of benzene rings is 1. The maximum absolute atomic E-state index is 13.0. The highest BCUT2D eigenvalue weighted by atomic mass is 32.1. The van der Waals surface area contributed by atoms with E-state index >= 15 is 0 Å². The fraction of sp³-hybridized carbons (Fsp3) is 0.529. The number of nitrogens with one attached hydrogen (secondary N) is 2. The number of thiocarbonyl (C=S) groups is 1. The Labute approximate surface area is 150 Å². The molecule has 1 aliphatic heterocycles. The van der Waals surface area contributed by atoms with Gasteiger partial charge in [-0.05, 0) is 43.3 Å². The third kappa shape index (κ3) is 5.07. The molecule has 1 heterocycles. The van der Waals surface area contributed by atoms with Crippen molar-refractivity contribution in [2.75, 3.05) is 23.3 Å². The highest BCUT2D eigenvalue weighted by molar-refractivity contribution is 7.80. The zero-order valence-electron chi connectivity index (χ0n) is 14.5. The lowest BCUT2D eigenvalue weighted by atomic mass is 9.96. The van der Waals surface area contributed by atoms with E-state index in [1.165, 1.54) is 6.07 Å². The summed E-state index contributed by atoms with van der Waals surface area (Å²) in [5.41, 5.74) is -0.520. The molecule has 0 saturated carbocycles. The van der Waals surface area contributed by atoms with Crippen LogP contribution in [0.5, 0.6) is 0 Å². The van der Waals surface area contributed by atoms with Crippen molar-refractivity contribution in [1.82, 2.24) is 5.32 Å². The van der Waals surface area contributed by atoms with Crippen LogP contribution in [0.2, 0.25) is 0 Å². The Kier molecular flexibility index (Phi) is 5.61. The summed E-state index contributed by atoms with van der Waals surface area (Å²) in [5.74, 6) is -0.306. The van der Waals surface area contributed by atoms with Crippen molar-refractivity contribution in [3.63, 3.8) is 0 Å². The zero-order valence-corrected chi connectivity index (χ0v) is 15.3. The molecule has 0 atom stereocenters. The van der Waals surface area contributed by atoms with Crippen molar-refractivity contribution in [1.29, 1.82) is 0 Å². The van der Waals surface area contributed by atoms with Crippen LogP contribution >= 0.6 is 12.2 Å². The Morgan fingerprint density at radius 3 is 2.28 bits per heavy atom. The maximum Gasteiger partial charge on any atom is 0.416 e. The van der Waals surface area contributed by atoms with Crippen molar-refractivity contribution in [3.8, 4) is 0 Å². The Balaban J connectivity index is 2.26. The second-order valence-electron chi connectivity index (χ2n) is 7.08. The number of carbonyl (C=O) groups excluding carboxylic acids is 1. The summed E-state index contributed by atoms with van der Waals surface area (Å²) in [6.07, 6.45) is -2.46. The molecule has 8 heteroatoms. The molecule has 1 saturated heterocycles. The number of alkyl halides is 3. The smallest absolute Gasteiger partial charge is 0.370 e. The van der Waals surface area contributed by atoms with Crippen LogP contribution in [-0.4, -0.2) is 24.1 Å². The predicted molar refractivity (Wildman–Crippen MR) is 96.7 cm³/mol. The van der Waals surface area contributed by atoms with Gasteiger partial charge in [-0.15, -0.1) is 0 Å². The van der Waals surface area contributed by atoms with Crippen LogP contribution < -0.4 is 15.5 Å². The molecule has 1 aromatic rings. The number of halogens is 3. The topological polar surface area (TPSA) is 44.4 Å². The molecule has 4 nitrogen and oxygen atoms in total. The largest absolute Gasteiger partial charge is 0.416 e. The summed E-state index contributed by atoms with van der Waals surface area (Å²) in [5, 5.41) is 5.27. The van der Waals surface area contributed by atoms with Gasteiger partial charge in [0.25, 0.3) is 0 Å². The number of hydrogen-bond acceptors (Lipinski definition) is 3. The van der Waals surface area contributed by atoms with Crippen LogP contribution in [0, 0.1) is 5.41 Å². The second-order valence-corrected chi connectivity index (χ2v) is 7.49. The SMILES string of the molecule is CC(C)(C)C(=O)NC(=S)Nc1cc(C(F)(F)F)ccc1N1CCCC1. The standard InChI is InChI=1S/C17H22F3N3OS/c1-16(2,3)14(24)22-15(25)21-12-10-11(17(18,19)20)6-7-13(12)23-8-4-5-9-23/h6-7,10H,4-5,8-9H2,1-3H3,(H2,21,22,24,25). The number of anilines is 2. The molecular formula is C17H22F3N3OS. The van der Waals surface area contributed by atoms with Crippen molar-refractivity contribution >= 4 is 34.6 Å². The fourth-order valence-corrected chi connectivity index (χ4v) is 2.69. The van der Waals surface area contributed by atoms with Gasteiger partial charge >= 0.3 is 6.18 Å². The molecule has 1 aliphatic rings. The minimum Gasteiger partial charge on any atom is -0.370 e. The normalized spacial score (nSPS) is 15.2. The van der Waals surface area contributed by atoms with E-state index in [0.717, 1.165) is 38.1 Å². The fourth-order valence-electron chi connectivity index (χ4n) is 2.49. The van der Waals surface area contributed by atoms with Gasteiger partial charge in [-0.2, -0.15) is 13.2 Å². The van der Waals surface area contributed by atoms with E-state index in [1.54, 1.807) is 20.8 Å². The Bertz CT molecular complexity index is 662. The van der Waals surface area contributed by atoms with Crippen LogP contribution in [0.25, 0.3) is 0 Å². The van der Waals surface area contributed by atoms with Gasteiger partial charge in [0, 0.05) is 18.5 Å². The van der Waals surface area contributed by atoms with E-state index in [-0.39, 0.29) is 16.7 Å². The minimum atomic E-state index is -4.45. The molecule has 25 heavy (non-hydrogen) atoms. The molecule has 2 N–H and O–H groups in total. The second kappa shape index (κ2) is 7.19. The first-order valence-electron chi connectivity index (χ1n) is 8.07. The van der Waals surface area contributed by atoms with Gasteiger partial charge in [0.1, 0.15) is 0 Å². The molecule has 0 aromatic heterocycles. The highest BCUT2D eigenvalue weighted by Gasteiger charge is 2.32. The molecule has 0 aliphatic carbocycles. The van der Waals surface area contributed by atoms with Gasteiger partial charge in [0.15, 0.2) is 5.11 Å². The van der Waals surface area contributed by atoms with E-state index in [9.17, 15) is 18.0 Å². The summed E-state index contributed by atoms with van der Waals surface area (Å²) in [6.45, 7) is 6.74. The third-order valence-corrected chi connectivity index (χ3v) is 4.13. The molecule has 138 valence electrons. The van der Waals surface area contributed by atoms with Crippen molar-refractivity contribution in [2.24, 2.45) is 5.41 Å². The van der Waals surface area contributed by atoms with Gasteiger partial charge in [-0.3, -0.25) is 4.79 Å². The average molecular weight is 373 g/mol. The first kappa shape index (κ1) is 19.5. The van der Waals surface area contributed by atoms with Crippen LogP contribution in [-0.2, 0) is 11.0 Å². The van der Waals surface area contributed by atoms with Gasteiger partial charge in [0.2, 0.25) is 5.91 Å². The predicted octanol–water partition coefficient (Wildman–Crippen LogP) is 4.16. The molecule has 2 rings (SSSR count). The van der Waals surface area contributed by atoms with E-state index in [4.69, 9.17) is 12.2 Å². The van der Waals surface area contributed by atoms with E-state index in [2.05, 4.69) is 10.6 Å².